The van der Waals surface area contributed by atoms with Crippen molar-refractivity contribution in [3.05, 3.63) is 45.0 Å². The molecule has 0 bridgehead atoms. The van der Waals surface area contributed by atoms with Gasteiger partial charge in [-0.05, 0) is 22.0 Å². The van der Waals surface area contributed by atoms with E-state index in [0.29, 0.717) is 31.2 Å². The smallest absolute Gasteiger partial charge is 0.251 e. The first-order valence-electron chi connectivity index (χ1n) is 6.10. The van der Waals surface area contributed by atoms with E-state index in [1.54, 1.807) is 19.5 Å². The number of ether oxygens (including phenoxy) is 1. The van der Waals surface area contributed by atoms with Crippen LogP contribution in [0.2, 0.25) is 0 Å². The normalized spacial score (nSPS) is 10.7. The van der Waals surface area contributed by atoms with Gasteiger partial charge in [-0.3, -0.25) is 9.78 Å². The molecule has 2 N–H and O–H groups in total. The quantitative estimate of drug-likeness (QED) is 0.777. The van der Waals surface area contributed by atoms with Crippen LogP contribution in [0.4, 0.5) is 0 Å². The average Bonchev–Trinajstić information content (AvgIpc) is 2.43. The Morgan fingerprint density at radius 3 is 3.00 bits per heavy atom. The molecule has 0 aromatic carbocycles. The van der Waals surface area contributed by atoms with E-state index in [0.717, 1.165) is 10.0 Å². The van der Waals surface area contributed by atoms with E-state index in [1.807, 2.05) is 6.07 Å². The predicted molar refractivity (Wildman–Crippen MR) is 79.4 cm³/mol. The van der Waals surface area contributed by atoms with Crippen LogP contribution in [0, 0.1) is 0 Å². The average molecular weight is 339 g/mol. The zero-order chi connectivity index (χ0) is 14.4. The summed E-state index contributed by atoms with van der Waals surface area (Å²) in [6.45, 7) is 1.84. The van der Waals surface area contributed by atoms with Crippen molar-refractivity contribution < 1.29 is 4.74 Å². The van der Waals surface area contributed by atoms with Gasteiger partial charge in [-0.1, -0.05) is 0 Å². The van der Waals surface area contributed by atoms with Crippen molar-refractivity contribution in [3.8, 4) is 11.4 Å². The maximum Gasteiger partial charge on any atom is 0.251 e. The lowest BCUT2D eigenvalue weighted by molar-refractivity contribution is 0.199. The fraction of sp³-hybridized carbons (Fsp3) is 0.308. The number of nitrogens with one attached hydrogen (secondary N) is 2. The molecular weight excluding hydrogens is 324 g/mol. The van der Waals surface area contributed by atoms with E-state index in [2.05, 4.69) is 36.2 Å². The van der Waals surface area contributed by atoms with Crippen molar-refractivity contribution in [1.82, 2.24) is 20.3 Å². The van der Waals surface area contributed by atoms with E-state index in [1.165, 1.54) is 6.07 Å². The Morgan fingerprint density at radius 1 is 1.40 bits per heavy atom. The molecule has 0 unspecified atom stereocenters. The fourth-order valence-electron chi connectivity index (χ4n) is 1.67. The van der Waals surface area contributed by atoms with Gasteiger partial charge in [0.25, 0.3) is 5.56 Å². The zero-order valence-electron chi connectivity index (χ0n) is 11.0. The Labute approximate surface area is 124 Å². The molecule has 106 valence electrons. The highest BCUT2D eigenvalue weighted by molar-refractivity contribution is 9.10. The van der Waals surface area contributed by atoms with Gasteiger partial charge in [0.1, 0.15) is 5.82 Å². The van der Waals surface area contributed by atoms with Gasteiger partial charge in [-0.15, -0.1) is 0 Å². The minimum absolute atomic E-state index is 0.182. The molecular formula is C13H15BrN4O2. The molecule has 2 aromatic rings. The van der Waals surface area contributed by atoms with Crippen LogP contribution in [0.25, 0.3) is 11.4 Å². The zero-order valence-corrected chi connectivity index (χ0v) is 12.6. The third-order valence-electron chi connectivity index (χ3n) is 2.56. The van der Waals surface area contributed by atoms with Gasteiger partial charge in [-0.25, -0.2) is 4.98 Å². The maximum atomic E-state index is 11.7. The summed E-state index contributed by atoms with van der Waals surface area (Å²) in [5.74, 6) is 0.509. The van der Waals surface area contributed by atoms with Gasteiger partial charge in [-0.2, -0.15) is 0 Å². The van der Waals surface area contributed by atoms with Crippen LogP contribution < -0.4 is 10.9 Å². The molecule has 0 aliphatic rings. The van der Waals surface area contributed by atoms with Crippen molar-refractivity contribution in [3.63, 3.8) is 0 Å². The van der Waals surface area contributed by atoms with Crippen molar-refractivity contribution in [1.29, 1.82) is 0 Å². The Hall–Kier alpha value is -1.57. The number of rotatable bonds is 6. The van der Waals surface area contributed by atoms with Crippen LogP contribution in [0.15, 0.2) is 33.8 Å². The largest absolute Gasteiger partial charge is 0.383 e. The SMILES string of the molecule is COCCNCc1cc(=O)[nH]c(-c2cncc(Br)c2)n1. The fourth-order valence-corrected chi connectivity index (χ4v) is 2.03. The van der Waals surface area contributed by atoms with Gasteiger partial charge in [0.2, 0.25) is 0 Å². The van der Waals surface area contributed by atoms with Crippen molar-refractivity contribution >= 4 is 15.9 Å². The summed E-state index contributed by atoms with van der Waals surface area (Å²) in [6.07, 6.45) is 3.34. The summed E-state index contributed by atoms with van der Waals surface area (Å²) in [4.78, 5) is 22.9. The molecule has 0 radical (unpaired) electrons. The van der Waals surface area contributed by atoms with Crippen molar-refractivity contribution in [2.75, 3.05) is 20.3 Å². The van der Waals surface area contributed by atoms with Crippen LogP contribution in [0.3, 0.4) is 0 Å². The number of hydrogen-bond donors (Lipinski definition) is 2. The highest BCUT2D eigenvalue weighted by Crippen LogP contribution is 2.17. The molecule has 0 atom stereocenters. The van der Waals surface area contributed by atoms with Crippen LogP contribution in [-0.4, -0.2) is 35.2 Å². The Kier molecular flexibility index (Phi) is 5.40. The van der Waals surface area contributed by atoms with Crippen LogP contribution in [0.1, 0.15) is 5.69 Å². The number of methoxy groups -OCH3 is 1. The van der Waals surface area contributed by atoms with E-state index in [4.69, 9.17) is 4.74 Å². The van der Waals surface area contributed by atoms with Gasteiger partial charge in [0, 0.05) is 48.7 Å². The number of H-pyrrole nitrogens is 1. The summed E-state index contributed by atoms with van der Waals surface area (Å²) in [5.41, 5.74) is 1.26. The van der Waals surface area contributed by atoms with E-state index in [-0.39, 0.29) is 5.56 Å². The highest BCUT2D eigenvalue weighted by atomic mass is 79.9. The summed E-state index contributed by atoms with van der Waals surface area (Å²) in [5, 5.41) is 3.15. The van der Waals surface area contributed by atoms with Crippen LogP contribution in [0.5, 0.6) is 0 Å². The number of nitrogens with zero attached hydrogens (tertiary/aromatic N) is 2. The number of aromatic amines is 1. The van der Waals surface area contributed by atoms with E-state index >= 15 is 0 Å². The molecule has 7 heteroatoms. The lowest BCUT2D eigenvalue weighted by Crippen LogP contribution is -2.21. The monoisotopic (exact) mass is 338 g/mol. The number of halogens is 1. The van der Waals surface area contributed by atoms with Crippen LogP contribution in [-0.2, 0) is 11.3 Å². The standard InChI is InChI=1S/C13H15BrN4O2/c1-20-3-2-15-8-11-5-12(19)18-13(17-11)9-4-10(14)7-16-6-9/h4-7,15H,2-3,8H2,1H3,(H,17,18,19). The summed E-state index contributed by atoms with van der Waals surface area (Å²) in [7, 11) is 1.64. The van der Waals surface area contributed by atoms with Gasteiger partial charge in [0.05, 0.1) is 12.3 Å². The molecule has 0 saturated heterocycles. The van der Waals surface area contributed by atoms with Crippen molar-refractivity contribution in [2.24, 2.45) is 0 Å². The Balaban J connectivity index is 2.18. The summed E-state index contributed by atoms with van der Waals surface area (Å²) < 4.78 is 5.78. The summed E-state index contributed by atoms with van der Waals surface area (Å²) >= 11 is 3.35. The first-order chi connectivity index (χ1) is 9.69. The Bertz CT molecular complexity index is 630. The molecule has 0 aliphatic carbocycles. The summed E-state index contributed by atoms with van der Waals surface area (Å²) in [6, 6.07) is 3.34. The second-order valence-electron chi connectivity index (χ2n) is 4.15. The number of pyridine rings is 1. The second kappa shape index (κ2) is 7.28. The first-order valence-corrected chi connectivity index (χ1v) is 6.89. The second-order valence-corrected chi connectivity index (χ2v) is 5.06. The molecule has 0 aliphatic heterocycles. The molecule has 2 aromatic heterocycles. The minimum Gasteiger partial charge on any atom is -0.383 e. The van der Waals surface area contributed by atoms with Crippen molar-refractivity contribution in [2.45, 2.75) is 6.54 Å². The number of aromatic nitrogens is 3. The third kappa shape index (κ3) is 4.22. The molecule has 2 rings (SSSR count). The lowest BCUT2D eigenvalue weighted by atomic mass is 10.2. The topological polar surface area (TPSA) is 79.9 Å². The molecule has 0 spiro atoms. The van der Waals surface area contributed by atoms with Gasteiger partial charge < -0.3 is 15.0 Å². The third-order valence-corrected chi connectivity index (χ3v) is 3.00. The van der Waals surface area contributed by atoms with E-state index in [9.17, 15) is 4.79 Å². The maximum absolute atomic E-state index is 11.7. The minimum atomic E-state index is -0.182. The Morgan fingerprint density at radius 2 is 2.25 bits per heavy atom. The highest BCUT2D eigenvalue weighted by Gasteiger charge is 2.05. The van der Waals surface area contributed by atoms with Crippen LogP contribution >= 0.6 is 15.9 Å². The molecule has 0 amide bonds. The lowest BCUT2D eigenvalue weighted by Gasteiger charge is -2.06. The molecule has 20 heavy (non-hydrogen) atoms. The number of hydrogen-bond acceptors (Lipinski definition) is 5. The first kappa shape index (κ1) is 14.8. The van der Waals surface area contributed by atoms with Gasteiger partial charge >= 0.3 is 0 Å². The molecule has 6 nitrogen and oxygen atoms in total. The molecule has 0 fully saturated rings. The van der Waals surface area contributed by atoms with Gasteiger partial charge in [0.15, 0.2) is 0 Å². The molecule has 2 heterocycles. The van der Waals surface area contributed by atoms with E-state index < -0.39 is 0 Å². The predicted octanol–water partition coefficient (Wildman–Crippen LogP) is 1.33. The molecule has 0 saturated carbocycles.